The van der Waals surface area contributed by atoms with Crippen molar-refractivity contribution in [3.05, 3.63) is 23.8 Å². The molecule has 8 heteroatoms. The van der Waals surface area contributed by atoms with E-state index < -0.39 is 16.1 Å². The SMILES string of the molecule is CCC(=O)N1c2ccc(S(=O)(=O)N3CCCCC3)cc2CC1C(=O)N1CCCC1. The number of amides is 2. The number of sulfonamides is 1. The Morgan fingerprint density at radius 2 is 1.66 bits per heavy atom. The highest BCUT2D eigenvalue weighted by Gasteiger charge is 2.41. The molecular weight excluding hydrogens is 390 g/mol. The van der Waals surface area contributed by atoms with Crippen LogP contribution in [0, 0.1) is 0 Å². The standard InChI is InChI=1S/C21H29N3O4S/c1-2-20(25)24-18-9-8-17(29(27,28)23-12-4-3-5-13-23)14-16(18)15-19(24)21(26)22-10-6-7-11-22/h8-9,14,19H,2-7,10-13,15H2,1H3. The van der Waals surface area contributed by atoms with Gasteiger partial charge in [0.2, 0.25) is 21.8 Å². The van der Waals surface area contributed by atoms with Crippen LogP contribution in [0.4, 0.5) is 5.69 Å². The molecule has 0 aromatic heterocycles. The van der Waals surface area contributed by atoms with Crippen LogP contribution in [0.25, 0.3) is 0 Å². The Morgan fingerprint density at radius 1 is 1.00 bits per heavy atom. The fourth-order valence-electron chi connectivity index (χ4n) is 4.67. The second-order valence-corrected chi connectivity index (χ2v) is 10.1. The van der Waals surface area contributed by atoms with Crippen LogP contribution in [-0.2, 0) is 26.0 Å². The summed E-state index contributed by atoms with van der Waals surface area (Å²) in [6, 6.07) is 4.40. The summed E-state index contributed by atoms with van der Waals surface area (Å²) in [7, 11) is -3.55. The molecule has 158 valence electrons. The monoisotopic (exact) mass is 419 g/mol. The summed E-state index contributed by atoms with van der Waals surface area (Å²) in [6.07, 6.45) is 5.49. The average molecular weight is 420 g/mol. The number of hydrogen-bond acceptors (Lipinski definition) is 4. The molecule has 2 saturated heterocycles. The minimum atomic E-state index is -3.55. The molecule has 1 aromatic carbocycles. The number of anilines is 1. The molecule has 0 bridgehead atoms. The van der Waals surface area contributed by atoms with Gasteiger partial charge in [0, 0.05) is 44.7 Å². The molecule has 2 fully saturated rings. The molecule has 0 aliphatic carbocycles. The largest absolute Gasteiger partial charge is 0.341 e. The van der Waals surface area contributed by atoms with Gasteiger partial charge >= 0.3 is 0 Å². The molecule has 3 aliphatic rings. The molecule has 0 spiro atoms. The Hall–Kier alpha value is -1.93. The molecule has 0 saturated carbocycles. The third kappa shape index (κ3) is 3.68. The second-order valence-electron chi connectivity index (χ2n) is 8.12. The second kappa shape index (κ2) is 8.07. The highest BCUT2D eigenvalue weighted by atomic mass is 32.2. The molecule has 1 unspecified atom stereocenters. The van der Waals surface area contributed by atoms with Crippen LogP contribution in [0.2, 0.25) is 0 Å². The molecule has 0 radical (unpaired) electrons. The van der Waals surface area contributed by atoms with Crippen molar-refractivity contribution in [1.82, 2.24) is 9.21 Å². The zero-order valence-electron chi connectivity index (χ0n) is 17.0. The fourth-order valence-corrected chi connectivity index (χ4v) is 6.24. The van der Waals surface area contributed by atoms with Gasteiger partial charge in [-0.15, -0.1) is 0 Å². The topological polar surface area (TPSA) is 78.0 Å². The number of fused-ring (bicyclic) bond motifs is 1. The van der Waals surface area contributed by atoms with E-state index in [0.717, 1.165) is 50.8 Å². The molecule has 4 rings (SSSR count). The summed E-state index contributed by atoms with van der Waals surface area (Å²) in [5, 5.41) is 0. The number of nitrogens with zero attached hydrogens (tertiary/aromatic N) is 3. The van der Waals surface area contributed by atoms with Crippen molar-refractivity contribution in [2.45, 2.75) is 62.8 Å². The fraction of sp³-hybridized carbons (Fsp3) is 0.619. The van der Waals surface area contributed by atoms with Gasteiger partial charge in [0.15, 0.2) is 0 Å². The van der Waals surface area contributed by atoms with Crippen molar-refractivity contribution in [3.63, 3.8) is 0 Å². The lowest BCUT2D eigenvalue weighted by molar-refractivity contribution is -0.133. The van der Waals surface area contributed by atoms with Gasteiger partial charge in [0.1, 0.15) is 6.04 Å². The third-order valence-electron chi connectivity index (χ3n) is 6.26. The summed E-state index contributed by atoms with van der Waals surface area (Å²) in [5.41, 5.74) is 1.44. The van der Waals surface area contributed by atoms with Crippen LogP contribution in [0.1, 0.15) is 51.0 Å². The van der Waals surface area contributed by atoms with Crippen LogP contribution in [0.5, 0.6) is 0 Å². The van der Waals surface area contributed by atoms with Crippen molar-refractivity contribution in [2.75, 3.05) is 31.1 Å². The Bertz CT molecular complexity index is 903. The predicted molar refractivity (Wildman–Crippen MR) is 110 cm³/mol. The van der Waals surface area contributed by atoms with Crippen molar-refractivity contribution >= 4 is 27.5 Å². The number of carbonyl (C=O) groups is 2. The van der Waals surface area contributed by atoms with Gasteiger partial charge in [-0.25, -0.2) is 8.42 Å². The van der Waals surface area contributed by atoms with E-state index in [2.05, 4.69) is 0 Å². The highest BCUT2D eigenvalue weighted by molar-refractivity contribution is 7.89. The quantitative estimate of drug-likeness (QED) is 0.749. The third-order valence-corrected chi connectivity index (χ3v) is 8.16. The van der Waals surface area contributed by atoms with E-state index in [0.29, 0.717) is 31.6 Å². The number of likely N-dealkylation sites (tertiary alicyclic amines) is 1. The van der Waals surface area contributed by atoms with Gasteiger partial charge in [-0.05, 0) is 49.4 Å². The van der Waals surface area contributed by atoms with Gasteiger partial charge in [0.25, 0.3) is 0 Å². The van der Waals surface area contributed by atoms with E-state index in [4.69, 9.17) is 0 Å². The Balaban J connectivity index is 1.65. The molecule has 29 heavy (non-hydrogen) atoms. The maximum Gasteiger partial charge on any atom is 0.246 e. The summed E-state index contributed by atoms with van der Waals surface area (Å²) in [4.78, 5) is 29.4. The van der Waals surface area contributed by atoms with E-state index >= 15 is 0 Å². The molecular formula is C21H29N3O4S. The zero-order chi connectivity index (χ0) is 20.6. The number of hydrogen-bond donors (Lipinski definition) is 0. The number of benzene rings is 1. The number of piperidine rings is 1. The Morgan fingerprint density at radius 3 is 2.31 bits per heavy atom. The minimum Gasteiger partial charge on any atom is -0.341 e. The Kier molecular flexibility index (Phi) is 5.66. The molecule has 3 aliphatic heterocycles. The number of rotatable bonds is 4. The lowest BCUT2D eigenvalue weighted by Crippen LogP contribution is -2.48. The van der Waals surface area contributed by atoms with E-state index in [1.165, 1.54) is 0 Å². The van der Waals surface area contributed by atoms with Gasteiger partial charge in [0.05, 0.1) is 4.90 Å². The average Bonchev–Trinajstić information content (AvgIpc) is 3.41. The zero-order valence-corrected chi connectivity index (χ0v) is 17.8. The first-order valence-corrected chi connectivity index (χ1v) is 12.1. The molecule has 1 aromatic rings. The van der Waals surface area contributed by atoms with E-state index in [1.54, 1.807) is 34.3 Å². The lowest BCUT2D eigenvalue weighted by Gasteiger charge is -2.28. The molecule has 2 amide bonds. The molecule has 3 heterocycles. The normalized spacial score (nSPS) is 22.7. The van der Waals surface area contributed by atoms with E-state index in [-0.39, 0.29) is 16.7 Å². The first-order valence-electron chi connectivity index (χ1n) is 10.7. The van der Waals surface area contributed by atoms with E-state index in [1.807, 2.05) is 4.90 Å². The van der Waals surface area contributed by atoms with Crippen LogP contribution in [0.15, 0.2) is 23.1 Å². The maximum absolute atomic E-state index is 13.1. The minimum absolute atomic E-state index is 0.0269. The van der Waals surface area contributed by atoms with E-state index in [9.17, 15) is 18.0 Å². The lowest BCUT2D eigenvalue weighted by atomic mass is 10.1. The van der Waals surface area contributed by atoms with Crippen LogP contribution in [-0.4, -0.2) is 61.7 Å². The maximum atomic E-state index is 13.1. The predicted octanol–water partition coefficient (Wildman–Crippen LogP) is 2.15. The summed E-state index contributed by atoms with van der Waals surface area (Å²) in [5.74, 6) is -0.131. The smallest absolute Gasteiger partial charge is 0.246 e. The highest BCUT2D eigenvalue weighted by Crippen LogP contribution is 2.36. The molecule has 1 atom stereocenters. The van der Waals surface area contributed by atoms with Crippen molar-refractivity contribution in [2.24, 2.45) is 0 Å². The first kappa shape index (κ1) is 20.3. The first-order chi connectivity index (χ1) is 13.9. The summed E-state index contributed by atoms with van der Waals surface area (Å²) >= 11 is 0. The van der Waals surface area contributed by atoms with Crippen molar-refractivity contribution in [1.29, 1.82) is 0 Å². The summed E-state index contributed by atoms with van der Waals surface area (Å²) in [6.45, 7) is 4.35. The van der Waals surface area contributed by atoms with Crippen LogP contribution >= 0.6 is 0 Å². The summed E-state index contributed by atoms with van der Waals surface area (Å²) < 4.78 is 27.7. The van der Waals surface area contributed by atoms with Gasteiger partial charge < -0.3 is 4.90 Å². The van der Waals surface area contributed by atoms with Crippen molar-refractivity contribution in [3.8, 4) is 0 Å². The number of carbonyl (C=O) groups excluding carboxylic acids is 2. The molecule has 7 nitrogen and oxygen atoms in total. The van der Waals surface area contributed by atoms with Crippen LogP contribution in [0.3, 0.4) is 0 Å². The van der Waals surface area contributed by atoms with Gasteiger partial charge in [-0.1, -0.05) is 13.3 Å². The Labute approximate surface area is 172 Å². The van der Waals surface area contributed by atoms with Gasteiger partial charge in [-0.3, -0.25) is 14.5 Å². The van der Waals surface area contributed by atoms with Crippen LogP contribution < -0.4 is 4.90 Å². The van der Waals surface area contributed by atoms with Gasteiger partial charge in [-0.2, -0.15) is 4.31 Å². The van der Waals surface area contributed by atoms with Crippen molar-refractivity contribution < 1.29 is 18.0 Å². The molecule has 0 N–H and O–H groups in total.